The highest BCUT2D eigenvalue weighted by Gasteiger charge is 2.07. The van der Waals surface area contributed by atoms with E-state index in [1.54, 1.807) is 0 Å². The normalized spacial score (nSPS) is 11.2. The Kier molecular flexibility index (Phi) is 2.79. The molecule has 2 N–H and O–H groups in total. The fraction of sp³-hybridized carbons (Fsp3) is 0.333. The Bertz CT molecular complexity index is 373. The van der Waals surface area contributed by atoms with Crippen molar-refractivity contribution in [1.29, 1.82) is 0 Å². The lowest BCUT2D eigenvalue weighted by Crippen LogP contribution is -2.16. The number of hydrogen-bond donors (Lipinski definition) is 1. The molecule has 0 aliphatic heterocycles. The van der Waals surface area contributed by atoms with Gasteiger partial charge < -0.3 is 4.74 Å². The average Bonchev–Trinajstić information content (AvgIpc) is 2.03. The van der Waals surface area contributed by atoms with E-state index in [0.29, 0.717) is 5.75 Å². The second kappa shape index (κ2) is 3.67. The topological polar surface area (TPSA) is 95.2 Å². The van der Waals surface area contributed by atoms with E-state index in [-0.39, 0.29) is 11.6 Å². The van der Waals surface area contributed by atoms with Crippen LogP contribution in [0.25, 0.3) is 0 Å². The van der Waals surface area contributed by atoms with Crippen molar-refractivity contribution in [2.24, 2.45) is 5.14 Å². The molecule has 0 amide bonds. The van der Waals surface area contributed by atoms with Gasteiger partial charge in [-0.2, -0.15) is 0 Å². The first kappa shape index (κ1) is 9.87. The van der Waals surface area contributed by atoms with Crippen LogP contribution in [-0.4, -0.2) is 25.5 Å². The molecule has 7 heteroatoms. The number of methoxy groups -OCH3 is 1. The van der Waals surface area contributed by atoms with E-state index < -0.39 is 10.0 Å². The minimum atomic E-state index is -3.56. The van der Waals surface area contributed by atoms with Gasteiger partial charge in [0.2, 0.25) is 10.0 Å². The smallest absolute Gasteiger partial charge is 0.216 e. The Hall–Kier alpha value is -1.21. The fourth-order valence-corrected chi connectivity index (χ4v) is 1.21. The van der Waals surface area contributed by atoms with Crippen LogP contribution in [0.3, 0.4) is 0 Å². The van der Waals surface area contributed by atoms with E-state index in [1.165, 1.54) is 19.5 Å². The highest BCUT2D eigenvalue weighted by atomic mass is 32.2. The minimum absolute atomic E-state index is 0.156. The zero-order chi connectivity index (χ0) is 9.90. The van der Waals surface area contributed by atoms with Gasteiger partial charge in [-0.05, 0) is 0 Å². The number of aromatic nitrogens is 2. The van der Waals surface area contributed by atoms with E-state index in [9.17, 15) is 8.42 Å². The molecule has 1 aromatic rings. The van der Waals surface area contributed by atoms with Crippen molar-refractivity contribution in [3.63, 3.8) is 0 Å². The molecule has 0 unspecified atom stereocenters. The first-order chi connectivity index (χ1) is 6.01. The number of primary sulfonamides is 1. The second-order valence-corrected chi connectivity index (χ2v) is 3.96. The van der Waals surface area contributed by atoms with Gasteiger partial charge >= 0.3 is 0 Å². The molecule has 72 valence electrons. The molecule has 0 aromatic carbocycles. The Morgan fingerprint density at radius 3 is 2.38 bits per heavy atom. The van der Waals surface area contributed by atoms with Crippen LogP contribution in [0.1, 0.15) is 5.82 Å². The molecule has 0 spiro atoms. The zero-order valence-corrected chi connectivity index (χ0v) is 7.78. The first-order valence-electron chi connectivity index (χ1n) is 3.36. The van der Waals surface area contributed by atoms with Gasteiger partial charge in [-0.25, -0.2) is 23.5 Å². The second-order valence-electron chi connectivity index (χ2n) is 2.35. The van der Waals surface area contributed by atoms with Gasteiger partial charge in [0, 0.05) is 0 Å². The molecule has 0 bridgehead atoms. The maximum Gasteiger partial charge on any atom is 0.216 e. The van der Waals surface area contributed by atoms with Crippen molar-refractivity contribution in [3.05, 3.63) is 18.2 Å². The maximum absolute atomic E-state index is 10.6. The number of hydrogen-bond acceptors (Lipinski definition) is 5. The Morgan fingerprint density at radius 2 is 2.00 bits per heavy atom. The van der Waals surface area contributed by atoms with Crippen molar-refractivity contribution in [3.8, 4) is 5.75 Å². The van der Waals surface area contributed by atoms with Crippen LogP contribution in [0.4, 0.5) is 0 Å². The zero-order valence-electron chi connectivity index (χ0n) is 6.97. The third kappa shape index (κ3) is 3.34. The van der Waals surface area contributed by atoms with Gasteiger partial charge in [0.25, 0.3) is 0 Å². The summed E-state index contributed by atoms with van der Waals surface area (Å²) in [5, 5.41) is 4.80. The van der Waals surface area contributed by atoms with E-state index >= 15 is 0 Å². The molecule has 0 saturated carbocycles. The standard InChI is InChI=1S/C6H9N3O3S/c1-12-5-2-8-6(9-3-5)4-13(7,10)11/h2-3H,4H2,1H3,(H2,7,10,11). The SMILES string of the molecule is COc1cnc(CS(N)(=O)=O)nc1. The van der Waals surface area contributed by atoms with E-state index in [4.69, 9.17) is 9.88 Å². The lowest BCUT2D eigenvalue weighted by molar-refractivity contribution is 0.410. The molecule has 0 aliphatic rings. The van der Waals surface area contributed by atoms with Gasteiger partial charge in [-0.15, -0.1) is 0 Å². The summed E-state index contributed by atoms with van der Waals surface area (Å²) in [4.78, 5) is 7.48. The number of nitrogens with zero attached hydrogens (tertiary/aromatic N) is 2. The summed E-state index contributed by atoms with van der Waals surface area (Å²) in [6.45, 7) is 0. The molecule has 1 aromatic heterocycles. The maximum atomic E-state index is 10.6. The molecule has 13 heavy (non-hydrogen) atoms. The van der Waals surface area contributed by atoms with Crippen molar-refractivity contribution < 1.29 is 13.2 Å². The van der Waals surface area contributed by atoms with Gasteiger partial charge in [0.05, 0.1) is 19.5 Å². The molecular weight excluding hydrogens is 194 g/mol. The summed E-state index contributed by atoms with van der Waals surface area (Å²) in [6, 6.07) is 0. The van der Waals surface area contributed by atoms with Crippen LogP contribution in [0.5, 0.6) is 5.75 Å². The quantitative estimate of drug-likeness (QED) is 0.699. The lowest BCUT2D eigenvalue weighted by Gasteiger charge is -1.99. The molecule has 0 aliphatic carbocycles. The Morgan fingerprint density at radius 1 is 1.46 bits per heavy atom. The van der Waals surface area contributed by atoms with Crippen LogP contribution in [0, 0.1) is 0 Å². The van der Waals surface area contributed by atoms with Crippen LogP contribution in [-0.2, 0) is 15.8 Å². The summed E-state index contributed by atoms with van der Waals surface area (Å²) in [6.07, 6.45) is 2.76. The summed E-state index contributed by atoms with van der Waals surface area (Å²) in [5.41, 5.74) is 0. The number of sulfonamides is 1. The Labute approximate surface area is 75.8 Å². The summed E-state index contributed by atoms with van der Waals surface area (Å²) < 4.78 is 26.0. The number of ether oxygens (including phenoxy) is 1. The number of rotatable bonds is 3. The van der Waals surface area contributed by atoms with Crippen LogP contribution in [0.15, 0.2) is 12.4 Å². The summed E-state index contributed by atoms with van der Waals surface area (Å²) >= 11 is 0. The molecule has 1 heterocycles. The molecule has 0 radical (unpaired) electrons. The van der Waals surface area contributed by atoms with Gasteiger partial charge in [-0.1, -0.05) is 0 Å². The van der Waals surface area contributed by atoms with E-state index in [0.717, 1.165) is 0 Å². The summed E-state index contributed by atoms with van der Waals surface area (Å²) in [5.74, 6) is 0.262. The first-order valence-corrected chi connectivity index (χ1v) is 5.08. The van der Waals surface area contributed by atoms with Crippen LogP contribution in [0.2, 0.25) is 0 Å². The lowest BCUT2D eigenvalue weighted by atomic mass is 10.6. The van der Waals surface area contributed by atoms with Crippen LogP contribution >= 0.6 is 0 Å². The monoisotopic (exact) mass is 203 g/mol. The van der Waals surface area contributed by atoms with Crippen molar-refractivity contribution >= 4 is 10.0 Å². The molecule has 1 rings (SSSR count). The van der Waals surface area contributed by atoms with Gasteiger partial charge in [-0.3, -0.25) is 0 Å². The molecule has 0 saturated heterocycles. The highest BCUT2D eigenvalue weighted by Crippen LogP contribution is 2.05. The molecule has 0 atom stereocenters. The Balaban J connectivity index is 2.81. The number of nitrogens with two attached hydrogens (primary N) is 1. The largest absolute Gasteiger partial charge is 0.494 e. The summed E-state index contributed by atoms with van der Waals surface area (Å²) in [7, 11) is -2.09. The van der Waals surface area contributed by atoms with Crippen LogP contribution < -0.4 is 9.88 Å². The highest BCUT2D eigenvalue weighted by molar-refractivity contribution is 7.88. The third-order valence-corrected chi connectivity index (χ3v) is 1.91. The predicted octanol–water partition coefficient (Wildman–Crippen LogP) is -0.726. The fourth-order valence-electron chi connectivity index (χ4n) is 0.703. The van der Waals surface area contributed by atoms with E-state index in [2.05, 4.69) is 9.97 Å². The third-order valence-electron chi connectivity index (χ3n) is 1.25. The molecule has 0 fully saturated rings. The minimum Gasteiger partial charge on any atom is -0.494 e. The molecule has 6 nitrogen and oxygen atoms in total. The molecular formula is C6H9N3O3S. The van der Waals surface area contributed by atoms with Crippen molar-refractivity contribution in [2.45, 2.75) is 5.75 Å². The van der Waals surface area contributed by atoms with Crippen molar-refractivity contribution in [2.75, 3.05) is 7.11 Å². The predicted molar refractivity (Wildman–Crippen MR) is 45.4 cm³/mol. The van der Waals surface area contributed by atoms with Gasteiger partial charge in [0.1, 0.15) is 11.6 Å². The van der Waals surface area contributed by atoms with Crippen molar-refractivity contribution in [1.82, 2.24) is 9.97 Å². The average molecular weight is 203 g/mol. The van der Waals surface area contributed by atoms with E-state index in [1.807, 2.05) is 0 Å². The van der Waals surface area contributed by atoms with Gasteiger partial charge in [0.15, 0.2) is 5.75 Å².